The average Bonchev–Trinajstić information content (AvgIpc) is 2.76. The van der Waals surface area contributed by atoms with Gasteiger partial charge in [-0.25, -0.2) is 9.97 Å². The van der Waals surface area contributed by atoms with E-state index in [9.17, 15) is 0 Å². The molecule has 3 aromatic rings. The zero-order chi connectivity index (χ0) is 10.3. The smallest absolute Gasteiger partial charge is 0.159 e. The molecule has 3 nitrogen and oxygen atoms in total. The maximum atomic E-state index is 4.30. The number of hydrogen-bond acceptors (Lipinski definition) is 2. The van der Waals surface area contributed by atoms with Crippen LogP contribution in [0.5, 0.6) is 0 Å². The number of rotatable bonds is 1. The highest BCUT2D eigenvalue weighted by Crippen LogP contribution is 2.25. The molecule has 0 spiro atoms. The molecule has 0 aliphatic carbocycles. The van der Waals surface area contributed by atoms with E-state index in [-0.39, 0.29) is 0 Å². The van der Waals surface area contributed by atoms with Gasteiger partial charge in [0.1, 0.15) is 0 Å². The van der Waals surface area contributed by atoms with Crippen LogP contribution < -0.4 is 0 Å². The number of H-pyrrole nitrogens is 1. The molecule has 0 fully saturated rings. The van der Waals surface area contributed by atoms with Crippen molar-refractivity contribution in [2.75, 3.05) is 0 Å². The maximum absolute atomic E-state index is 4.30. The van der Waals surface area contributed by atoms with E-state index in [1.807, 2.05) is 18.5 Å². The van der Waals surface area contributed by atoms with Crippen molar-refractivity contribution < 1.29 is 0 Å². The Morgan fingerprint density at radius 3 is 3.07 bits per heavy atom. The molecule has 15 heavy (non-hydrogen) atoms. The SMILES string of the molecule is ICc1cc[nH]c2cnc3nccc3c12. The van der Waals surface area contributed by atoms with E-state index < -0.39 is 0 Å². The molecule has 0 unspecified atom stereocenters. The predicted octanol–water partition coefficient (Wildman–Crippen LogP) is 3.05. The van der Waals surface area contributed by atoms with Gasteiger partial charge in [-0.1, -0.05) is 22.6 Å². The van der Waals surface area contributed by atoms with Crippen molar-refractivity contribution in [3.05, 3.63) is 36.3 Å². The van der Waals surface area contributed by atoms with Gasteiger partial charge in [0.25, 0.3) is 0 Å². The van der Waals surface area contributed by atoms with E-state index in [2.05, 4.69) is 43.6 Å². The lowest BCUT2D eigenvalue weighted by molar-refractivity contribution is 1.30. The quantitative estimate of drug-likeness (QED) is 0.554. The Hall–Kier alpha value is -1.17. The van der Waals surface area contributed by atoms with Crippen molar-refractivity contribution in [1.29, 1.82) is 0 Å². The van der Waals surface area contributed by atoms with E-state index >= 15 is 0 Å². The van der Waals surface area contributed by atoms with Crippen molar-refractivity contribution >= 4 is 44.5 Å². The third kappa shape index (κ3) is 1.31. The Balaban J connectivity index is 2.58. The van der Waals surface area contributed by atoms with Crippen LogP contribution in [0.4, 0.5) is 0 Å². The number of alkyl halides is 1. The van der Waals surface area contributed by atoms with Gasteiger partial charge in [-0.3, -0.25) is 0 Å². The first kappa shape index (κ1) is 9.08. The van der Waals surface area contributed by atoms with E-state index in [1.165, 1.54) is 10.9 Å². The molecule has 0 aromatic carbocycles. The maximum Gasteiger partial charge on any atom is 0.159 e. The molecule has 74 valence electrons. The van der Waals surface area contributed by atoms with Crippen LogP contribution in [0.2, 0.25) is 0 Å². The van der Waals surface area contributed by atoms with Crippen molar-refractivity contribution in [2.24, 2.45) is 0 Å². The van der Waals surface area contributed by atoms with E-state index in [1.54, 1.807) is 6.20 Å². The highest BCUT2D eigenvalue weighted by atomic mass is 127. The van der Waals surface area contributed by atoms with Crippen molar-refractivity contribution in [1.82, 2.24) is 15.0 Å². The monoisotopic (exact) mass is 309 g/mol. The first-order chi connectivity index (χ1) is 7.40. The van der Waals surface area contributed by atoms with Gasteiger partial charge in [-0.15, -0.1) is 0 Å². The second-order valence-electron chi connectivity index (χ2n) is 3.37. The molecule has 0 atom stereocenters. The Bertz CT molecular complexity index is 630. The highest BCUT2D eigenvalue weighted by Gasteiger charge is 2.06. The zero-order valence-corrected chi connectivity index (χ0v) is 10.0. The molecule has 3 rings (SSSR count). The second-order valence-corrected chi connectivity index (χ2v) is 4.13. The number of nitrogens with zero attached hydrogens (tertiary/aromatic N) is 2. The summed E-state index contributed by atoms with van der Waals surface area (Å²) in [5, 5.41) is 2.38. The summed E-state index contributed by atoms with van der Waals surface area (Å²) in [6.45, 7) is 0. The van der Waals surface area contributed by atoms with Crippen LogP contribution in [0, 0.1) is 0 Å². The third-order valence-electron chi connectivity index (χ3n) is 2.52. The molecule has 0 aliphatic rings. The van der Waals surface area contributed by atoms with Crippen LogP contribution in [0.1, 0.15) is 5.56 Å². The standard InChI is InChI=1S/C11H8IN3/c12-5-7-1-3-13-9-6-15-11-8(10(7)9)2-4-14-11/h1-4,6,13H,5H2. The number of halogens is 1. The van der Waals surface area contributed by atoms with E-state index in [0.29, 0.717) is 0 Å². The molecule has 0 saturated carbocycles. The molecule has 0 bridgehead atoms. The minimum Gasteiger partial charge on any atom is -0.360 e. The summed E-state index contributed by atoms with van der Waals surface area (Å²) in [7, 11) is 0. The molecular weight excluding hydrogens is 301 g/mol. The van der Waals surface area contributed by atoms with Gasteiger partial charge in [0.15, 0.2) is 5.65 Å². The molecular formula is C11H8IN3. The van der Waals surface area contributed by atoms with Crippen molar-refractivity contribution in [3.8, 4) is 0 Å². The van der Waals surface area contributed by atoms with Gasteiger partial charge in [0.05, 0.1) is 11.7 Å². The molecule has 1 N–H and O–H groups in total. The Labute approximate surface area is 100 Å². The summed E-state index contributed by atoms with van der Waals surface area (Å²) in [6, 6.07) is 4.13. The number of aromatic amines is 1. The number of aromatic nitrogens is 3. The first-order valence-electron chi connectivity index (χ1n) is 4.66. The van der Waals surface area contributed by atoms with Crippen LogP contribution >= 0.6 is 22.6 Å². The Kier molecular flexibility index (Phi) is 2.09. The fourth-order valence-corrected chi connectivity index (χ4v) is 2.48. The van der Waals surface area contributed by atoms with Gasteiger partial charge in [0.2, 0.25) is 0 Å². The normalized spacial score (nSPS) is 11.3. The Morgan fingerprint density at radius 1 is 1.27 bits per heavy atom. The number of nitrogens with one attached hydrogen (secondary N) is 1. The second kappa shape index (κ2) is 3.44. The summed E-state index contributed by atoms with van der Waals surface area (Å²) in [5.41, 5.74) is 3.22. The topological polar surface area (TPSA) is 41.6 Å². The summed E-state index contributed by atoms with van der Waals surface area (Å²) in [5.74, 6) is 0. The van der Waals surface area contributed by atoms with E-state index in [4.69, 9.17) is 0 Å². The predicted molar refractivity (Wildman–Crippen MR) is 69.1 cm³/mol. The van der Waals surface area contributed by atoms with Crippen LogP contribution in [0.15, 0.2) is 30.7 Å². The molecule has 3 aromatic heterocycles. The fourth-order valence-electron chi connectivity index (χ4n) is 1.84. The van der Waals surface area contributed by atoms with Gasteiger partial charge in [-0.05, 0) is 17.7 Å². The van der Waals surface area contributed by atoms with Gasteiger partial charge < -0.3 is 4.98 Å². The summed E-state index contributed by atoms with van der Waals surface area (Å²) < 4.78 is 0.993. The first-order valence-corrected chi connectivity index (χ1v) is 6.18. The summed E-state index contributed by atoms with van der Waals surface area (Å²) in [6.07, 6.45) is 5.61. The number of fused-ring (bicyclic) bond motifs is 3. The summed E-state index contributed by atoms with van der Waals surface area (Å²) in [4.78, 5) is 11.7. The molecule has 0 amide bonds. The van der Waals surface area contributed by atoms with E-state index in [0.717, 1.165) is 21.0 Å². The molecule has 0 aliphatic heterocycles. The van der Waals surface area contributed by atoms with Crippen LogP contribution in [0.3, 0.4) is 0 Å². The molecule has 3 heterocycles. The summed E-state index contributed by atoms with van der Waals surface area (Å²) >= 11 is 2.38. The molecule has 0 saturated heterocycles. The number of pyridine rings is 2. The van der Waals surface area contributed by atoms with Crippen LogP contribution in [0.25, 0.3) is 21.9 Å². The van der Waals surface area contributed by atoms with Gasteiger partial charge >= 0.3 is 0 Å². The fraction of sp³-hybridized carbons (Fsp3) is 0.0909. The highest BCUT2D eigenvalue weighted by molar-refractivity contribution is 14.1. The lowest BCUT2D eigenvalue weighted by atomic mass is 10.1. The van der Waals surface area contributed by atoms with Crippen LogP contribution in [-0.4, -0.2) is 15.0 Å². The molecule has 4 heteroatoms. The molecule has 0 radical (unpaired) electrons. The lowest BCUT2D eigenvalue weighted by Crippen LogP contribution is -1.87. The average molecular weight is 309 g/mol. The third-order valence-corrected chi connectivity index (χ3v) is 3.34. The largest absolute Gasteiger partial charge is 0.360 e. The zero-order valence-electron chi connectivity index (χ0n) is 7.87. The lowest BCUT2D eigenvalue weighted by Gasteiger charge is -2.04. The minimum absolute atomic E-state index is 0.827. The van der Waals surface area contributed by atoms with Gasteiger partial charge in [0, 0.05) is 27.6 Å². The van der Waals surface area contributed by atoms with Crippen molar-refractivity contribution in [2.45, 2.75) is 4.43 Å². The Morgan fingerprint density at radius 2 is 2.20 bits per heavy atom. The van der Waals surface area contributed by atoms with Crippen molar-refractivity contribution in [3.63, 3.8) is 0 Å². The van der Waals surface area contributed by atoms with Crippen LogP contribution in [-0.2, 0) is 4.43 Å². The minimum atomic E-state index is 0.827. The van der Waals surface area contributed by atoms with Gasteiger partial charge in [-0.2, -0.15) is 0 Å². The number of hydrogen-bond donors (Lipinski definition) is 1.